The van der Waals surface area contributed by atoms with Crippen LogP contribution in [0.15, 0.2) is 18.3 Å². The number of hydrogen-bond acceptors (Lipinski definition) is 4. The van der Waals surface area contributed by atoms with E-state index in [2.05, 4.69) is 48.1 Å². The molecule has 2 N–H and O–H groups in total. The van der Waals surface area contributed by atoms with Gasteiger partial charge in [-0.25, -0.2) is 4.98 Å². The zero-order valence-electron chi connectivity index (χ0n) is 12.1. The number of anilines is 1. The third-order valence-corrected chi connectivity index (χ3v) is 4.02. The van der Waals surface area contributed by atoms with Gasteiger partial charge in [-0.1, -0.05) is 13.8 Å². The van der Waals surface area contributed by atoms with Gasteiger partial charge in [0.05, 0.1) is 6.10 Å². The minimum Gasteiger partial charge on any atom is -0.391 e. The summed E-state index contributed by atoms with van der Waals surface area (Å²) >= 11 is 0. The molecule has 4 nitrogen and oxygen atoms in total. The van der Waals surface area contributed by atoms with Gasteiger partial charge < -0.3 is 15.3 Å². The Hall–Kier alpha value is -1.13. The lowest BCUT2D eigenvalue weighted by molar-refractivity contribution is 0.102. The van der Waals surface area contributed by atoms with Crippen LogP contribution in [0.2, 0.25) is 0 Å². The average Bonchev–Trinajstić information content (AvgIpc) is 2.42. The van der Waals surface area contributed by atoms with Crippen LogP contribution in [0.5, 0.6) is 0 Å². The van der Waals surface area contributed by atoms with E-state index >= 15 is 0 Å². The van der Waals surface area contributed by atoms with E-state index in [1.54, 1.807) is 0 Å². The van der Waals surface area contributed by atoms with Crippen LogP contribution >= 0.6 is 0 Å². The first-order valence-corrected chi connectivity index (χ1v) is 7.24. The monoisotopic (exact) mass is 263 g/mol. The third kappa shape index (κ3) is 3.45. The van der Waals surface area contributed by atoms with E-state index in [1.807, 2.05) is 6.20 Å². The van der Waals surface area contributed by atoms with E-state index in [4.69, 9.17) is 0 Å². The zero-order chi connectivity index (χ0) is 13.8. The van der Waals surface area contributed by atoms with Gasteiger partial charge in [0.2, 0.25) is 0 Å². The van der Waals surface area contributed by atoms with E-state index in [9.17, 15) is 5.11 Å². The maximum Gasteiger partial charge on any atom is 0.128 e. The minimum atomic E-state index is -0.245. The Morgan fingerprint density at radius 2 is 2.37 bits per heavy atom. The first-order valence-electron chi connectivity index (χ1n) is 7.24. The SMILES string of the molecule is CCNC(C)c1ccnc(N2CCC(C)C(O)C2)c1. The highest BCUT2D eigenvalue weighted by Gasteiger charge is 2.25. The quantitative estimate of drug-likeness (QED) is 0.872. The Morgan fingerprint density at radius 1 is 1.58 bits per heavy atom. The van der Waals surface area contributed by atoms with Gasteiger partial charge in [0.1, 0.15) is 5.82 Å². The molecule has 4 heteroatoms. The predicted molar refractivity (Wildman–Crippen MR) is 78.3 cm³/mol. The number of piperidine rings is 1. The Balaban J connectivity index is 2.10. The standard InChI is InChI=1S/C15H25N3O/c1-4-16-12(3)13-5-7-17-15(9-13)18-8-6-11(2)14(19)10-18/h5,7,9,11-12,14,16,19H,4,6,8,10H2,1-3H3. The maximum absolute atomic E-state index is 9.99. The molecule has 1 aromatic rings. The molecule has 1 aliphatic heterocycles. The molecule has 106 valence electrons. The van der Waals surface area contributed by atoms with Crippen molar-refractivity contribution in [3.05, 3.63) is 23.9 Å². The molecule has 2 heterocycles. The van der Waals surface area contributed by atoms with E-state index in [-0.39, 0.29) is 6.10 Å². The van der Waals surface area contributed by atoms with Gasteiger partial charge in [-0.15, -0.1) is 0 Å². The van der Waals surface area contributed by atoms with Gasteiger partial charge in [0, 0.05) is 25.3 Å². The number of hydrogen-bond donors (Lipinski definition) is 2. The highest BCUT2D eigenvalue weighted by molar-refractivity contribution is 5.42. The number of aromatic nitrogens is 1. The normalized spacial score (nSPS) is 25.4. The first-order chi connectivity index (χ1) is 9.11. The first kappa shape index (κ1) is 14.3. The molecule has 0 radical (unpaired) electrons. The molecule has 1 aliphatic rings. The van der Waals surface area contributed by atoms with Crippen molar-refractivity contribution in [2.24, 2.45) is 5.92 Å². The molecule has 0 amide bonds. The molecule has 3 atom stereocenters. The molecular formula is C15H25N3O. The fourth-order valence-electron chi connectivity index (χ4n) is 2.56. The van der Waals surface area contributed by atoms with E-state index in [0.717, 1.165) is 25.3 Å². The Labute approximate surface area is 115 Å². The molecule has 3 unspecified atom stereocenters. The number of aliphatic hydroxyl groups excluding tert-OH is 1. The second-order valence-electron chi connectivity index (χ2n) is 5.51. The molecule has 1 fully saturated rings. The Bertz CT molecular complexity index is 410. The van der Waals surface area contributed by atoms with Crippen LogP contribution in [-0.2, 0) is 0 Å². The van der Waals surface area contributed by atoms with Crippen molar-refractivity contribution in [1.29, 1.82) is 0 Å². The number of pyridine rings is 1. The molecule has 2 rings (SSSR count). The average molecular weight is 263 g/mol. The van der Waals surface area contributed by atoms with Gasteiger partial charge >= 0.3 is 0 Å². The van der Waals surface area contributed by atoms with Crippen LogP contribution < -0.4 is 10.2 Å². The zero-order valence-corrected chi connectivity index (χ0v) is 12.1. The van der Waals surface area contributed by atoms with Crippen LogP contribution in [0.3, 0.4) is 0 Å². The molecule has 0 aromatic carbocycles. The van der Waals surface area contributed by atoms with Crippen molar-refractivity contribution in [3.8, 4) is 0 Å². The minimum absolute atomic E-state index is 0.245. The molecule has 0 saturated carbocycles. The maximum atomic E-state index is 9.99. The topological polar surface area (TPSA) is 48.4 Å². The summed E-state index contributed by atoms with van der Waals surface area (Å²) in [4.78, 5) is 6.64. The number of β-amino-alcohol motifs (C(OH)–C–C–N with tert-alkyl or cyclic N) is 1. The van der Waals surface area contributed by atoms with Crippen molar-refractivity contribution in [1.82, 2.24) is 10.3 Å². The second-order valence-corrected chi connectivity index (χ2v) is 5.51. The van der Waals surface area contributed by atoms with Crippen molar-refractivity contribution >= 4 is 5.82 Å². The molecule has 1 aromatic heterocycles. The lowest BCUT2D eigenvalue weighted by atomic mass is 9.96. The van der Waals surface area contributed by atoms with Crippen LogP contribution in [-0.4, -0.2) is 35.8 Å². The van der Waals surface area contributed by atoms with E-state index in [1.165, 1.54) is 5.56 Å². The van der Waals surface area contributed by atoms with Crippen LogP contribution in [0.4, 0.5) is 5.82 Å². The summed E-state index contributed by atoms with van der Waals surface area (Å²) in [6, 6.07) is 4.52. The molecule has 0 spiro atoms. The summed E-state index contributed by atoms with van der Waals surface area (Å²) in [5.41, 5.74) is 1.25. The number of rotatable bonds is 4. The van der Waals surface area contributed by atoms with Gasteiger partial charge in [-0.3, -0.25) is 0 Å². The van der Waals surface area contributed by atoms with Crippen LogP contribution in [0, 0.1) is 5.92 Å². The summed E-state index contributed by atoms with van der Waals surface area (Å²) in [5, 5.41) is 13.4. The fourth-order valence-corrected chi connectivity index (χ4v) is 2.56. The molecule has 19 heavy (non-hydrogen) atoms. The van der Waals surface area contributed by atoms with Gasteiger partial charge in [0.25, 0.3) is 0 Å². The van der Waals surface area contributed by atoms with Crippen molar-refractivity contribution in [2.75, 3.05) is 24.5 Å². The van der Waals surface area contributed by atoms with Crippen molar-refractivity contribution < 1.29 is 5.11 Å². The highest BCUT2D eigenvalue weighted by Crippen LogP contribution is 2.24. The highest BCUT2D eigenvalue weighted by atomic mass is 16.3. The summed E-state index contributed by atoms with van der Waals surface area (Å²) in [6.45, 7) is 9.01. The van der Waals surface area contributed by atoms with Gasteiger partial charge in [0.15, 0.2) is 0 Å². The largest absolute Gasteiger partial charge is 0.391 e. The molecular weight excluding hydrogens is 238 g/mol. The van der Waals surface area contributed by atoms with Gasteiger partial charge in [-0.05, 0) is 43.5 Å². The number of nitrogens with one attached hydrogen (secondary N) is 1. The van der Waals surface area contributed by atoms with Crippen molar-refractivity contribution in [3.63, 3.8) is 0 Å². The van der Waals surface area contributed by atoms with Crippen LogP contribution in [0.1, 0.15) is 38.8 Å². The number of aliphatic hydroxyl groups is 1. The Kier molecular flexibility index (Phi) is 4.77. The molecule has 0 bridgehead atoms. The van der Waals surface area contributed by atoms with Crippen LogP contribution in [0.25, 0.3) is 0 Å². The fraction of sp³-hybridized carbons (Fsp3) is 0.667. The van der Waals surface area contributed by atoms with Crippen molar-refractivity contribution in [2.45, 2.75) is 39.3 Å². The lowest BCUT2D eigenvalue weighted by Gasteiger charge is -2.35. The molecule has 0 aliphatic carbocycles. The van der Waals surface area contributed by atoms with Gasteiger partial charge in [-0.2, -0.15) is 0 Å². The smallest absolute Gasteiger partial charge is 0.128 e. The summed E-state index contributed by atoms with van der Waals surface area (Å²) in [7, 11) is 0. The number of nitrogens with zero attached hydrogens (tertiary/aromatic N) is 2. The second kappa shape index (κ2) is 6.35. The third-order valence-electron chi connectivity index (χ3n) is 4.02. The summed E-state index contributed by atoms with van der Waals surface area (Å²) in [6.07, 6.45) is 2.64. The Morgan fingerprint density at radius 3 is 3.05 bits per heavy atom. The van der Waals surface area contributed by atoms with E-state index in [0.29, 0.717) is 18.5 Å². The lowest BCUT2D eigenvalue weighted by Crippen LogP contribution is -2.43. The summed E-state index contributed by atoms with van der Waals surface area (Å²) in [5.74, 6) is 1.37. The molecule has 1 saturated heterocycles. The predicted octanol–water partition coefficient (Wildman–Crippen LogP) is 1.96. The summed E-state index contributed by atoms with van der Waals surface area (Å²) < 4.78 is 0. The van der Waals surface area contributed by atoms with E-state index < -0.39 is 0 Å².